The summed E-state index contributed by atoms with van der Waals surface area (Å²) in [6.45, 7) is 3.07. The van der Waals surface area contributed by atoms with Crippen LogP contribution in [0.25, 0.3) is 0 Å². The Hall–Kier alpha value is -3.47. The van der Waals surface area contributed by atoms with Crippen LogP contribution in [0.5, 0.6) is 0 Å². The van der Waals surface area contributed by atoms with E-state index in [0.29, 0.717) is 11.1 Å². The van der Waals surface area contributed by atoms with Crippen molar-refractivity contribution in [2.45, 2.75) is 18.7 Å². The summed E-state index contributed by atoms with van der Waals surface area (Å²) in [5.74, 6) is -0.428. The summed E-state index contributed by atoms with van der Waals surface area (Å²) >= 11 is 0. The quantitative estimate of drug-likeness (QED) is 0.451. The monoisotopic (exact) mass is 418 g/mol. The van der Waals surface area contributed by atoms with Gasteiger partial charge in [-0.1, -0.05) is 6.07 Å². The molecule has 2 aromatic carbocycles. The smallest absolute Gasteiger partial charge is 0.318 e. The van der Waals surface area contributed by atoms with Gasteiger partial charge in [0.15, 0.2) is 0 Å². The van der Waals surface area contributed by atoms with Gasteiger partial charge >= 0.3 is 6.03 Å². The van der Waals surface area contributed by atoms with Gasteiger partial charge in [-0.15, -0.1) is 0 Å². The molecule has 152 valence electrons. The summed E-state index contributed by atoms with van der Waals surface area (Å²) in [7, 11) is -2.67. The largest absolute Gasteiger partial charge is 0.331 e. The number of rotatable bonds is 5. The molecule has 0 saturated carbocycles. The molecular formula is C18H18N4O6S. The fourth-order valence-electron chi connectivity index (χ4n) is 2.98. The third kappa shape index (κ3) is 3.76. The molecule has 1 aliphatic rings. The third-order valence-electron chi connectivity index (χ3n) is 4.60. The predicted molar refractivity (Wildman–Crippen MR) is 105 cm³/mol. The highest BCUT2D eigenvalue weighted by Gasteiger charge is 2.35. The fourth-order valence-corrected chi connectivity index (χ4v) is 4.37. The minimum Gasteiger partial charge on any atom is -0.318 e. The van der Waals surface area contributed by atoms with Crippen LogP contribution in [0.1, 0.15) is 11.1 Å². The van der Waals surface area contributed by atoms with Crippen LogP contribution < -0.4 is 9.62 Å². The van der Waals surface area contributed by atoms with Gasteiger partial charge in [-0.2, -0.15) is 0 Å². The summed E-state index contributed by atoms with van der Waals surface area (Å²) < 4.78 is 28.1. The highest BCUT2D eigenvalue weighted by molar-refractivity contribution is 7.92. The summed E-state index contributed by atoms with van der Waals surface area (Å²) in [6.07, 6.45) is 0. The first kappa shape index (κ1) is 20.3. The minimum atomic E-state index is -4.15. The van der Waals surface area contributed by atoms with Crippen LogP contribution in [0.15, 0.2) is 41.3 Å². The summed E-state index contributed by atoms with van der Waals surface area (Å²) in [5.41, 5.74) is 0.839. The molecule has 1 N–H and O–H groups in total. The number of nitro benzene ring substituents is 1. The standard InChI is InChI=1S/C18H18N4O6S/c1-11-7-15(22(25)26)9-16(12(11)2)29(27,28)19-13-5-4-6-14(8-13)21-17(23)10-20(3)18(21)24/h4-9,19H,10H2,1-3H3. The number of aryl methyl sites for hydroxylation is 1. The number of hydrogen-bond acceptors (Lipinski definition) is 6. The van der Waals surface area contributed by atoms with Crippen molar-refractivity contribution >= 4 is 39.0 Å². The van der Waals surface area contributed by atoms with Crippen molar-refractivity contribution in [3.8, 4) is 0 Å². The number of nitrogens with zero attached hydrogens (tertiary/aromatic N) is 3. The summed E-state index contributed by atoms with van der Waals surface area (Å²) in [5, 5.41) is 11.1. The number of urea groups is 1. The molecule has 0 aliphatic carbocycles. The van der Waals surface area contributed by atoms with Gasteiger partial charge in [-0.25, -0.2) is 18.1 Å². The highest BCUT2D eigenvalue weighted by Crippen LogP contribution is 2.29. The van der Waals surface area contributed by atoms with E-state index in [9.17, 15) is 28.1 Å². The molecule has 3 rings (SSSR count). The van der Waals surface area contributed by atoms with Crippen molar-refractivity contribution < 1.29 is 22.9 Å². The number of carbonyl (C=O) groups is 2. The predicted octanol–water partition coefficient (Wildman–Crippen LogP) is 2.41. The lowest BCUT2D eigenvalue weighted by atomic mass is 10.1. The van der Waals surface area contributed by atoms with E-state index in [1.54, 1.807) is 13.8 Å². The van der Waals surface area contributed by atoms with Crippen LogP contribution in [0, 0.1) is 24.0 Å². The third-order valence-corrected chi connectivity index (χ3v) is 6.11. The first-order valence-corrected chi connectivity index (χ1v) is 9.96. The second kappa shape index (κ2) is 7.17. The molecule has 1 fully saturated rings. The molecule has 1 heterocycles. The maximum atomic E-state index is 12.9. The van der Waals surface area contributed by atoms with Gasteiger partial charge in [0.2, 0.25) is 0 Å². The molecule has 0 aromatic heterocycles. The molecule has 1 saturated heterocycles. The van der Waals surface area contributed by atoms with Crippen LogP contribution in [-0.2, 0) is 14.8 Å². The van der Waals surface area contributed by atoms with Crippen molar-refractivity contribution in [3.63, 3.8) is 0 Å². The number of sulfonamides is 1. The van der Waals surface area contributed by atoms with E-state index in [0.717, 1.165) is 11.0 Å². The summed E-state index contributed by atoms with van der Waals surface area (Å²) in [6, 6.07) is 7.60. The second-order valence-electron chi connectivity index (χ2n) is 6.67. The van der Waals surface area contributed by atoms with Crippen molar-refractivity contribution in [1.82, 2.24) is 4.90 Å². The van der Waals surface area contributed by atoms with Crippen LogP contribution in [0.4, 0.5) is 21.9 Å². The number of imide groups is 1. The molecule has 0 radical (unpaired) electrons. The Morgan fingerprint density at radius 2 is 1.83 bits per heavy atom. The highest BCUT2D eigenvalue weighted by atomic mass is 32.2. The minimum absolute atomic E-state index is 0.0685. The number of hydrogen-bond donors (Lipinski definition) is 1. The van der Waals surface area contributed by atoms with Crippen LogP contribution in [0.2, 0.25) is 0 Å². The number of benzene rings is 2. The number of carbonyl (C=O) groups excluding carboxylic acids is 2. The first-order chi connectivity index (χ1) is 13.5. The normalized spacial score (nSPS) is 14.4. The van der Waals surface area contributed by atoms with Crippen molar-refractivity contribution in [2.75, 3.05) is 23.2 Å². The number of likely N-dealkylation sites (N-methyl/N-ethyl adjacent to an activating group) is 1. The molecule has 0 bridgehead atoms. The van der Waals surface area contributed by atoms with Crippen molar-refractivity contribution in [1.29, 1.82) is 0 Å². The van der Waals surface area contributed by atoms with Crippen LogP contribution in [-0.4, -0.2) is 43.8 Å². The molecule has 0 atom stereocenters. The maximum absolute atomic E-state index is 12.9. The first-order valence-electron chi connectivity index (χ1n) is 8.48. The maximum Gasteiger partial charge on any atom is 0.331 e. The van der Waals surface area contributed by atoms with E-state index in [4.69, 9.17) is 0 Å². The fraction of sp³-hybridized carbons (Fsp3) is 0.222. The molecule has 3 amide bonds. The van der Waals surface area contributed by atoms with Gasteiger partial charge in [0.25, 0.3) is 21.6 Å². The zero-order chi connectivity index (χ0) is 21.5. The van der Waals surface area contributed by atoms with Gasteiger partial charge in [0, 0.05) is 19.2 Å². The molecule has 10 nitrogen and oxygen atoms in total. The Morgan fingerprint density at radius 3 is 2.41 bits per heavy atom. The Labute approximate surface area is 166 Å². The Bertz CT molecular complexity index is 1150. The Balaban J connectivity index is 1.98. The van der Waals surface area contributed by atoms with Crippen LogP contribution in [0.3, 0.4) is 0 Å². The van der Waals surface area contributed by atoms with Gasteiger partial charge < -0.3 is 4.90 Å². The number of nitrogens with one attached hydrogen (secondary N) is 1. The molecule has 29 heavy (non-hydrogen) atoms. The van der Waals surface area contributed by atoms with E-state index in [-0.39, 0.29) is 28.5 Å². The van der Waals surface area contributed by atoms with Crippen LogP contribution >= 0.6 is 0 Å². The Morgan fingerprint density at radius 1 is 1.14 bits per heavy atom. The molecule has 11 heteroatoms. The van der Waals surface area contributed by atoms with E-state index >= 15 is 0 Å². The SMILES string of the molecule is Cc1cc([N+](=O)[O-])cc(S(=O)(=O)Nc2cccc(N3C(=O)CN(C)C3=O)c2)c1C. The van der Waals surface area contributed by atoms with E-state index < -0.39 is 26.9 Å². The van der Waals surface area contributed by atoms with Gasteiger partial charge in [-0.3, -0.25) is 19.6 Å². The average molecular weight is 418 g/mol. The lowest BCUT2D eigenvalue weighted by molar-refractivity contribution is -0.385. The van der Waals surface area contributed by atoms with Crippen molar-refractivity contribution in [2.24, 2.45) is 0 Å². The Kier molecular flexibility index (Phi) is 5.01. The summed E-state index contributed by atoms with van der Waals surface area (Å²) in [4.78, 5) is 36.6. The number of amides is 3. The number of non-ortho nitro benzene ring substituents is 1. The van der Waals surface area contributed by atoms with Gasteiger partial charge in [-0.05, 0) is 43.2 Å². The molecular weight excluding hydrogens is 400 g/mol. The topological polar surface area (TPSA) is 130 Å². The second-order valence-corrected chi connectivity index (χ2v) is 8.32. The lowest BCUT2D eigenvalue weighted by Gasteiger charge is -2.16. The van der Waals surface area contributed by atoms with E-state index in [2.05, 4.69) is 4.72 Å². The zero-order valence-electron chi connectivity index (χ0n) is 15.9. The average Bonchev–Trinajstić information content (AvgIpc) is 2.88. The number of nitro groups is 1. The number of anilines is 2. The molecule has 1 aliphatic heterocycles. The molecule has 0 spiro atoms. The molecule has 2 aromatic rings. The lowest BCUT2D eigenvalue weighted by Crippen LogP contribution is -2.31. The van der Waals surface area contributed by atoms with E-state index in [1.165, 1.54) is 42.3 Å². The molecule has 0 unspecified atom stereocenters. The van der Waals surface area contributed by atoms with Gasteiger partial charge in [0.05, 0.1) is 21.2 Å². The zero-order valence-corrected chi connectivity index (χ0v) is 16.7. The van der Waals surface area contributed by atoms with E-state index in [1.807, 2.05) is 0 Å². The van der Waals surface area contributed by atoms with Gasteiger partial charge in [0.1, 0.15) is 6.54 Å². The van der Waals surface area contributed by atoms with Crippen molar-refractivity contribution in [3.05, 3.63) is 57.6 Å².